The largest absolute Gasteiger partial charge is 0.377 e. The summed E-state index contributed by atoms with van der Waals surface area (Å²) in [4.78, 5) is 0. The second-order valence-corrected chi connectivity index (χ2v) is 4.64. The summed E-state index contributed by atoms with van der Waals surface area (Å²) in [6.45, 7) is 2.20. The third-order valence-electron chi connectivity index (χ3n) is 3.19. The first-order chi connectivity index (χ1) is 8.28. The van der Waals surface area contributed by atoms with Gasteiger partial charge in [-0.15, -0.1) is 0 Å². The topological polar surface area (TPSA) is 9.23 Å². The molecule has 0 aromatic carbocycles. The maximum atomic E-state index is 5.27. The Kier molecular flexibility index (Phi) is 4.16. The summed E-state index contributed by atoms with van der Waals surface area (Å²) in [5.41, 5.74) is 4.08. The van der Waals surface area contributed by atoms with E-state index in [1.807, 2.05) is 0 Å². The van der Waals surface area contributed by atoms with E-state index in [1.165, 1.54) is 29.6 Å². The first-order valence-electron chi connectivity index (χ1n) is 6.24. The second-order valence-electron chi connectivity index (χ2n) is 4.64. The van der Waals surface area contributed by atoms with E-state index in [-0.39, 0.29) is 6.10 Å². The minimum atomic E-state index is 0.253. The van der Waals surface area contributed by atoms with E-state index in [0.29, 0.717) is 0 Å². The van der Waals surface area contributed by atoms with Gasteiger partial charge in [-0.25, -0.2) is 0 Å². The monoisotopic (exact) mass is 228 g/mol. The highest BCUT2D eigenvalue weighted by atomic mass is 16.5. The zero-order valence-corrected chi connectivity index (χ0v) is 10.6. The van der Waals surface area contributed by atoms with Crippen molar-refractivity contribution in [2.45, 2.75) is 32.3 Å². The highest BCUT2D eigenvalue weighted by Gasteiger charge is 2.05. The maximum absolute atomic E-state index is 5.27. The van der Waals surface area contributed by atoms with Crippen molar-refractivity contribution in [2.24, 2.45) is 0 Å². The highest BCUT2D eigenvalue weighted by Crippen LogP contribution is 2.19. The first-order valence-corrected chi connectivity index (χ1v) is 6.24. The fourth-order valence-corrected chi connectivity index (χ4v) is 2.11. The van der Waals surface area contributed by atoms with Crippen LogP contribution in [0.1, 0.15) is 26.2 Å². The van der Waals surface area contributed by atoms with Crippen molar-refractivity contribution in [3.63, 3.8) is 0 Å². The molecule has 0 aliphatic heterocycles. The Morgan fingerprint density at radius 3 is 2.71 bits per heavy atom. The summed E-state index contributed by atoms with van der Waals surface area (Å²) in [7, 11) is 1.75. The molecule has 0 radical (unpaired) electrons. The summed E-state index contributed by atoms with van der Waals surface area (Å²) in [6.07, 6.45) is 19.0. The molecule has 1 nitrogen and oxygen atoms in total. The molecule has 0 saturated carbocycles. The lowest BCUT2D eigenvalue weighted by atomic mass is 9.99. The molecule has 0 spiro atoms. The molecule has 0 bridgehead atoms. The van der Waals surface area contributed by atoms with Crippen LogP contribution in [0.3, 0.4) is 0 Å². The van der Waals surface area contributed by atoms with Gasteiger partial charge in [-0.1, -0.05) is 48.1 Å². The van der Waals surface area contributed by atoms with Crippen molar-refractivity contribution in [2.75, 3.05) is 7.11 Å². The van der Waals surface area contributed by atoms with E-state index < -0.39 is 0 Å². The summed E-state index contributed by atoms with van der Waals surface area (Å²) in [5.74, 6) is 0. The minimum Gasteiger partial charge on any atom is -0.377 e. The van der Waals surface area contributed by atoms with Crippen LogP contribution in [0.5, 0.6) is 0 Å². The third-order valence-corrected chi connectivity index (χ3v) is 3.19. The number of methoxy groups -OCH3 is 1. The van der Waals surface area contributed by atoms with Gasteiger partial charge in [0.2, 0.25) is 0 Å². The molecule has 0 N–H and O–H groups in total. The van der Waals surface area contributed by atoms with Crippen LogP contribution in [-0.4, -0.2) is 13.2 Å². The summed E-state index contributed by atoms with van der Waals surface area (Å²) in [6, 6.07) is 0. The molecule has 17 heavy (non-hydrogen) atoms. The van der Waals surface area contributed by atoms with Gasteiger partial charge in [-0.3, -0.25) is 0 Å². The fourth-order valence-electron chi connectivity index (χ4n) is 2.11. The molecule has 1 unspecified atom stereocenters. The van der Waals surface area contributed by atoms with Gasteiger partial charge >= 0.3 is 0 Å². The SMILES string of the molecule is COC1C=CC(/C=C/C2=CCCC(C)=C2)=CC1. The highest BCUT2D eigenvalue weighted by molar-refractivity contribution is 5.42. The number of hydrogen-bond donors (Lipinski definition) is 0. The molecule has 0 heterocycles. The van der Waals surface area contributed by atoms with Gasteiger partial charge in [-0.05, 0) is 37.3 Å². The summed E-state index contributed by atoms with van der Waals surface area (Å²) in [5, 5.41) is 0. The number of allylic oxidation sites excluding steroid dienone is 8. The Morgan fingerprint density at radius 2 is 2.06 bits per heavy atom. The zero-order valence-electron chi connectivity index (χ0n) is 10.6. The number of hydrogen-bond acceptors (Lipinski definition) is 1. The van der Waals surface area contributed by atoms with Crippen molar-refractivity contribution < 1.29 is 4.74 Å². The van der Waals surface area contributed by atoms with Crippen LogP contribution in [0.15, 0.2) is 59.3 Å². The van der Waals surface area contributed by atoms with E-state index in [1.54, 1.807) is 7.11 Å². The van der Waals surface area contributed by atoms with Crippen LogP contribution in [0.2, 0.25) is 0 Å². The molecule has 0 aromatic rings. The lowest BCUT2D eigenvalue weighted by Gasteiger charge is -2.12. The maximum Gasteiger partial charge on any atom is 0.0789 e. The van der Waals surface area contributed by atoms with Crippen LogP contribution in [0, 0.1) is 0 Å². The average molecular weight is 228 g/mol. The Bertz CT molecular complexity index is 419. The van der Waals surface area contributed by atoms with Crippen LogP contribution in [0.4, 0.5) is 0 Å². The van der Waals surface area contributed by atoms with Crippen LogP contribution < -0.4 is 0 Å². The standard InChI is InChI=1S/C16H20O/c1-13-4-3-5-15(12-13)7-6-14-8-10-16(17-2)11-9-14/h5-10,12,16H,3-4,11H2,1-2H3/b7-6+. The molecule has 0 amide bonds. The smallest absolute Gasteiger partial charge is 0.0789 e. The Hall–Kier alpha value is -1.34. The number of ether oxygens (including phenoxy) is 1. The van der Waals surface area contributed by atoms with Gasteiger partial charge in [0.15, 0.2) is 0 Å². The lowest BCUT2D eigenvalue weighted by Crippen LogP contribution is -2.07. The van der Waals surface area contributed by atoms with Crippen molar-refractivity contribution >= 4 is 0 Å². The first kappa shape index (κ1) is 12.1. The molecule has 0 fully saturated rings. The molecule has 90 valence electrons. The van der Waals surface area contributed by atoms with Crippen molar-refractivity contribution in [3.8, 4) is 0 Å². The Balaban J connectivity index is 1.96. The predicted octanol–water partition coefficient (Wildman–Crippen LogP) is 4.11. The lowest BCUT2D eigenvalue weighted by molar-refractivity contribution is 0.142. The molecule has 2 aliphatic rings. The molecular weight excluding hydrogens is 208 g/mol. The van der Waals surface area contributed by atoms with Gasteiger partial charge in [0.05, 0.1) is 6.10 Å². The predicted molar refractivity (Wildman–Crippen MR) is 72.9 cm³/mol. The average Bonchev–Trinajstić information content (AvgIpc) is 2.37. The summed E-state index contributed by atoms with van der Waals surface area (Å²) < 4.78 is 5.27. The van der Waals surface area contributed by atoms with Gasteiger partial charge in [0.25, 0.3) is 0 Å². The number of rotatable bonds is 3. The molecule has 1 atom stereocenters. The molecule has 2 aliphatic carbocycles. The van der Waals surface area contributed by atoms with Crippen molar-refractivity contribution in [3.05, 3.63) is 59.3 Å². The van der Waals surface area contributed by atoms with Gasteiger partial charge in [0, 0.05) is 7.11 Å². The molecule has 1 heteroatoms. The van der Waals surface area contributed by atoms with Crippen molar-refractivity contribution in [1.29, 1.82) is 0 Å². The third kappa shape index (κ3) is 3.57. The van der Waals surface area contributed by atoms with E-state index >= 15 is 0 Å². The Labute approximate surface area is 104 Å². The normalized spacial score (nSPS) is 24.6. The van der Waals surface area contributed by atoms with Crippen LogP contribution in [-0.2, 0) is 4.74 Å². The zero-order chi connectivity index (χ0) is 12.1. The van der Waals surface area contributed by atoms with E-state index in [2.05, 4.69) is 49.5 Å². The molecule has 0 saturated heterocycles. The second kappa shape index (κ2) is 5.83. The van der Waals surface area contributed by atoms with Crippen LogP contribution in [0.25, 0.3) is 0 Å². The Morgan fingerprint density at radius 1 is 1.24 bits per heavy atom. The fraction of sp³-hybridized carbons (Fsp3) is 0.375. The van der Waals surface area contributed by atoms with Gasteiger partial charge in [-0.2, -0.15) is 0 Å². The molecule has 2 rings (SSSR count). The molecule has 0 aromatic heterocycles. The van der Waals surface area contributed by atoms with Crippen molar-refractivity contribution in [1.82, 2.24) is 0 Å². The quantitative estimate of drug-likeness (QED) is 0.706. The van der Waals surface area contributed by atoms with Gasteiger partial charge in [0.1, 0.15) is 0 Å². The van der Waals surface area contributed by atoms with E-state index in [9.17, 15) is 0 Å². The summed E-state index contributed by atoms with van der Waals surface area (Å²) >= 11 is 0. The van der Waals surface area contributed by atoms with Gasteiger partial charge < -0.3 is 4.74 Å². The minimum absolute atomic E-state index is 0.253. The van der Waals surface area contributed by atoms with Crippen LogP contribution >= 0.6 is 0 Å². The van der Waals surface area contributed by atoms with E-state index in [0.717, 1.165) is 6.42 Å². The van der Waals surface area contributed by atoms with E-state index in [4.69, 9.17) is 4.74 Å². The molecular formula is C16H20O.